The summed E-state index contributed by atoms with van der Waals surface area (Å²) in [6.45, 7) is 9.54. The maximum Gasteiger partial charge on any atom is 0.223 e. The van der Waals surface area contributed by atoms with Crippen molar-refractivity contribution < 1.29 is 9.90 Å². The number of aliphatic hydroxyl groups is 1. The number of para-hydroxylation sites is 1. The lowest BCUT2D eigenvalue weighted by Gasteiger charge is -2.37. The summed E-state index contributed by atoms with van der Waals surface area (Å²) in [6, 6.07) is 14.6. The minimum atomic E-state index is -0.457. The molecule has 0 aromatic heterocycles. The Kier molecular flexibility index (Phi) is 5.88. The average molecular weight is 394 g/mol. The van der Waals surface area contributed by atoms with E-state index in [4.69, 9.17) is 0 Å². The Morgan fingerprint density at radius 3 is 2.52 bits per heavy atom. The topological polar surface area (TPSA) is 47.0 Å². The molecular formula is C24H31N3O2. The van der Waals surface area contributed by atoms with Crippen molar-refractivity contribution >= 4 is 17.3 Å². The number of nitrogens with zero attached hydrogens (tertiary/aromatic N) is 3. The van der Waals surface area contributed by atoms with Gasteiger partial charge in [-0.15, -0.1) is 0 Å². The largest absolute Gasteiger partial charge is 0.388 e. The molecule has 2 aliphatic rings. The van der Waals surface area contributed by atoms with Gasteiger partial charge in [0.05, 0.1) is 6.10 Å². The molecule has 2 heterocycles. The van der Waals surface area contributed by atoms with E-state index in [9.17, 15) is 9.90 Å². The summed E-state index contributed by atoms with van der Waals surface area (Å²) in [6.07, 6.45) is 1.15. The van der Waals surface area contributed by atoms with Gasteiger partial charge < -0.3 is 14.9 Å². The van der Waals surface area contributed by atoms with E-state index in [-0.39, 0.29) is 5.91 Å². The van der Waals surface area contributed by atoms with Crippen molar-refractivity contribution in [1.82, 2.24) is 4.90 Å². The Labute approximate surface area is 173 Å². The number of benzene rings is 2. The molecule has 0 bridgehead atoms. The Bertz CT molecular complexity index is 874. The fourth-order valence-corrected chi connectivity index (χ4v) is 4.56. The minimum absolute atomic E-state index is 0.0851. The van der Waals surface area contributed by atoms with E-state index in [0.29, 0.717) is 0 Å². The standard InChI is InChI=1S/C24H31N3O2/c1-18-5-3-4-6-22(18)26-15-13-25(14-16-26)11-10-24(29)21-7-8-23-20(17-21)9-12-27(23)19(2)28/h3-8,17,24,29H,9-16H2,1-2H3. The highest BCUT2D eigenvalue weighted by Gasteiger charge is 2.24. The number of aryl methyl sites for hydroxylation is 1. The number of amides is 1. The van der Waals surface area contributed by atoms with E-state index in [2.05, 4.69) is 47.1 Å². The van der Waals surface area contributed by atoms with Gasteiger partial charge in [0, 0.05) is 57.6 Å². The van der Waals surface area contributed by atoms with Crippen LogP contribution in [0.15, 0.2) is 42.5 Å². The van der Waals surface area contributed by atoms with Crippen LogP contribution in [0.4, 0.5) is 11.4 Å². The van der Waals surface area contributed by atoms with Crippen LogP contribution in [0.5, 0.6) is 0 Å². The molecule has 2 aliphatic heterocycles. The van der Waals surface area contributed by atoms with E-state index in [1.54, 1.807) is 6.92 Å². The molecule has 1 unspecified atom stereocenters. The Morgan fingerprint density at radius 1 is 1.03 bits per heavy atom. The Morgan fingerprint density at radius 2 is 1.79 bits per heavy atom. The summed E-state index contributed by atoms with van der Waals surface area (Å²) in [5.74, 6) is 0.0851. The normalized spacial score (nSPS) is 18.0. The van der Waals surface area contributed by atoms with Gasteiger partial charge in [-0.25, -0.2) is 0 Å². The van der Waals surface area contributed by atoms with Crippen molar-refractivity contribution in [1.29, 1.82) is 0 Å². The number of carbonyl (C=O) groups is 1. The molecule has 0 saturated carbocycles. The van der Waals surface area contributed by atoms with Gasteiger partial charge in [0.1, 0.15) is 0 Å². The molecule has 1 saturated heterocycles. The van der Waals surface area contributed by atoms with Crippen LogP contribution >= 0.6 is 0 Å². The van der Waals surface area contributed by atoms with Crippen LogP contribution in [0.25, 0.3) is 0 Å². The first-order valence-electron chi connectivity index (χ1n) is 10.6. The number of fused-ring (bicyclic) bond motifs is 1. The molecule has 2 aromatic rings. The molecule has 5 nitrogen and oxygen atoms in total. The monoisotopic (exact) mass is 393 g/mol. The minimum Gasteiger partial charge on any atom is -0.388 e. The number of carbonyl (C=O) groups excluding carboxylic acids is 1. The highest BCUT2D eigenvalue weighted by atomic mass is 16.3. The Balaban J connectivity index is 1.29. The van der Waals surface area contributed by atoms with Gasteiger partial charge >= 0.3 is 0 Å². The smallest absolute Gasteiger partial charge is 0.223 e. The maximum absolute atomic E-state index is 11.7. The van der Waals surface area contributed by atoms with Crippen LogP contribution in [0, 0.1) is 6.92 Å². The SMILES string of the molecule is CC(=O)N1CCc2cc(C(O)CCN3CCN(c4ccccc4C)CC3)ccc21. The molecule has 4 rings (SSSR count). The summed E-state index contributed by atoms with van der Waals surface area (Å²) in [4.78, 5) is 18.4. The van der Waals surface area contributed by atoms with Crippen LogP contribution in [0.3, 0.4) is 0 Å². The van der Waals surface area contributed by atoms with Crippen molar-refractivity contribution in [3.8, 4) is 0 Å². The molecule has 1 atom stereocenters. The third kappa shape index (κ3) is 4.31. The predicted molar refractivity (Wildman–Crippen MR) is 118 cm³/mol. The molecular weight excluding hydrogens is 362 g/mol. The third-order valence-corrected chi connectivity index (χ3v) is 6.31. The lowest BCUT2D eigenvalue weighted by molar-refractivity contribution is -0.116. The second kappa shape index (κ2) is 8.56. The van der Waals surface area contributed by atoms with Crippen LogP contribution in [0.2, 0.25) is 0 Å². The van der Waals surface area contributed by atoms with Crippen molar-refractivity contribution in [3.63, 3.8) is 0 Å². The first-order chi connectivity index (χ1) is 14.0. The molecule has 0 radical (unpaired) electrons. The zero-order valence-corrected chi connectivity index (χ0v) is 17.5. The molecule has 29 heavy (non-hydrogen) atoms. The predicted octanol–water partition coefficient (Wildman–Crippen LogP) is 3.15. The molecule has 0 spiro atoms. The van der Waals surface area contributed by atoms with E-state index in [1.807, 2.05) is 17.0 Å². The highest BCUT2D eigenvalue weighted by Crippen LogP contribution is 2.31. The van der Waals surface area contributed by atoms with Gasteiger partial charge in [-0.05, 0) is 48.6 Å². The van der Waals surface area contributed by atoms with E-state index < -0.39 is 6.10 Å². The number of rotatable bonds is 5. The maximum atomic E-state index is 11.7. The van der Waals surface area contributed by atoms with E-state index in [1.165, 1.54) is 16.8 Å². The first kappa shape index (κ1) is 19.9. The second-order valence-electron chi connectivity index (χ2n) is 8.23. The number of hydrogen-bond donors (Lipinski definition) is 1. The first-order valence-corrected chi connectivity index (χ1v) is 10.6. The third-order valence-electron chi connectivity index (χ3n) is 6.31. The van der Waals surface area contributed by atoms with Crippen LogP contribution in [-0.4, -0.2) is 55.2 Å². The van der Waals surface area contributed by atoms with Crippen LogP contribution in [-0.2, 0) is 11.2 Å². The number of hydrogen-bond acceptors (Lipinski definition) is 4. The van der Waals surface area contributed by atoms with Gasteiger partial charge in [-0.1, -0.05) is 30.3 Å². The summed E-state index contributed by atoms with van der Waals surface area (Å²) in [5, 5.41) is 10.7. The summed E-state index contributed by atoms with van der Waals surface area (Å²) < 4.78 is 0. The summed E-state index contributed by atoms with van der Waals surface area (Å²) in [7, 11) is 0. The van der Waals surface area contributed by atoms with Crippen molar-refractivity contribution in [2.75, 3.05) is 49.1 Å². The number of aliphatic hydroxyl groups excluding tert-OH is 1. The fraction of sp³-hybridized carbons (Fsp3) is 0.458. The van der Waals surface area contributed by atoms with Gasteiger partial charge in [0.2, 0.25) is 5.91 Å². The van der Waals surface area contributed by atoms with Gasteiger partial charge in [0.15, 0.2) is 0 Å². The van der Waals surface area contributed by atoms with Gasteiger partial charge in [-0.2, -0.15) is 0 Å². The van der Waals surface area contributed by atoms with Gasteiger partial charge in [-0.3, -0.25) is 9.69 Å². The summed E-state index contributed by atoms with van der Waals surface area (Å²) in [5.41, 5.74) is 5.80. The van der Waals surface area contributed by atoms with E-state index in [0.717, 1.165) is 63.4 Å². The molecule has 1 fully saturated rings. The van der Waals surface area contributed by atoms with Crippen LogP contribution < -0.4 is 9.80 Å². The lowest BCUT2D eigenvalue weighted by atomic mass is 10.0. The Hall–Kier alpha value is -2.37. The molecule has 1 N–H and O–H groups in total. The molecule has 1 amide bonds. The van der Waals surface area contributed by atoms with Crippen LogP contribution in [0.1, 0.15) is 36.1 Å². The highest BCUT2D eigenvalue weighted by molar-refractivity contribution is 5.93. The van der Waals surface area contributed by atoms with Crippen molar-refractivity contribution in [2.45, 2.75) is 32.8 Å². The lowest BCUT2D eigenvalue weighted by Crippen LogP contribution is -2.47. The number of piperazine rings is 1. The van der Waals surface area contributed by atoms with Crippen molar-refractivity contribution in [2.24, 2.45) is 0 Å². The fourth-order valence-electron chi connectivity index (χ4n) is 4.56. The summed E-state index contributed by atoms with van der Waals surface area (Å²) >= 11 is 0. The second-order valence-corrected chi connectivity index (χ2v) is 8.23. The van der Waals surface area contributed by atoms with Crippen molar-refractivity contribution in [3.05, 3.63) is 59.2 Å². The quantitative estimate of drug-likeness (QED) is 0.848. The molecule has 154 valence electrons. The number of anilines is 2. The zero-order valence-electron chi connectivity index (χ0n) is 17.5. The molecule has 2 aromatic carbocycles. The zero-order chi connectivity index (χ0) is 20.4. The van der Waals surface area contributed by atoms with E-state index >= 15 is 0 Å². The molecule has 0 aliphatic carbocycles. The average Bonchev–Trinajstić information content (AvgIpc) is 3.16. The molecule has 5 heteroatoms. The van der Waals surface area contributed by atoms with Gasteiger partial charge in [0.25, 0.3) is 0 Å².